The molecule has 0 aliphatic heterocycles. The highest BCUT2D eigenvalue weighted by Gasteiger charge is 2.32. The lowest BCUT2D eigenvalue weighted by Crippen LogP contribution is -2.26. The van der Waals surface area contributed by atoms with E-state index in [2.05, 4.69) is 9.97 Å². The molecule has 6 nitrogen and oxygen atoms in total. The number of aliphatic hydroxyl groups excluding tert-OH is 1. The van der Waals surface area contributed by atoms with Gasteiger partial charge in [-0.2, -0.15) is 0 Å². The zero-order valence-corrected chi connectivity index (χ0v) is 17.3. The molecule has 3 rings (SSSR count). The van der Waals surface area contributed by atoms with Crippen molar-refractivity contribution in [2.45, 2.75) is 57.5 Å². The number of ether oxygens (including phenoxy) is 1. The standard InChI is InChI=1S/C19H25ClN2O4S/c1-4-27(24,25)12(3)7-11(2)26-19-16-10-21-17(20)8-14(16)15(9-22-19)18(23)13-5-6-13/h8-13,18,23H,4-7H2,1-3H3/t11-,12-,18?/m1/s1. The van der Waals surface area contributed by atoms with Crippen LogP contribution in [0.5, 0.6) is 5.88 Å². The van der Waals surface area contributed by atoms with E-state index in [-0.39, 0.29) is 17.8 Å². The summed E-state index contributed by atoms with van der Waals surface area (Å²) in [5, 5.41) is 11.8. The van der Waals surface area contributed by atoms with E-state index in [1.54, 1.807) is 32.3 Å². The third kappa shape index (κ3) is 4.52. The van der Waals surface area contributed by atoms with Crippen LogP contribution in [0.3, 0.4) is 0 Å². The molecule has 1 N–H and O–H groups in total. The summed E-state index contributed by atoms with van der Waals surface area (Å²) >= 11 is 6.06. The number of hydrogen-bond donors (Lipinski definition) is 1. The second kappa shape index (κ2) is 7.89. The Kier molecular flexibility index (Phi) is 5.93. The molecular weight excluding hydrogens is 388 g/mol. The Morgan fingerprint density at radius 3 is 2.59 bits per heavy atom. The van der Waals surface area contributed by atoms with Crippen molar-refractivity contribution in [2.24, 2.45) is 5.92 Å². The van der Waals surface area contributed by atoms with E-state index >= 15 is 0 Å². The number of sulfone groups is 1. The molecule has 1 aliphatic carbocycles. The van der Waals surface area contributed by atoms with Gasteiger partial charge in [0.25, 0.3) is 0 Å². The average molecular weight is 413 g/mol. The fourth-order valence-corrected chi connectivity index (χ4v) is 4.53. The summed E-state index contributed by atoms with van der Waals surface area (Å²) in [6, 6.07) is 1.71. The molecule has 0 saturated heterocycles. The van der Waals surface area contributed by atoms with E-state index in [9.17, 15) is 13.5 Å². The molecule has 0 aromatic carbocycles. The van der Waals surface area contributed by atoms with E-state index < -0.39 is 21.2 Å². The number of aromatic nitrogens is 2. The van der Waals surface area contributed by atoms with Gasteiger partial charge < -0.3 is 9.84 Å². The van der Waals surface area contributed by atoms with Gasteiger partial charge in [-0.25, -0.2) is 18.4 Å². The van der Waals surface area contributed by atoms with Gasteiger partial charge in [0.05, 0.1) is 22.8 Å². The molecule has 0 spiro atoms. The van der Waals surface area contributed by atoms with Crippen molar-refractivity contribution in [1.29, 1.82) is 0 Å². The summed E-state index contributed by atoms with van der Waals surface area (Å²) in [6.45, 7) is 5.16. The van der Waals surface area contributed by atoms with Crippen molar-refractivity contribution < 1.29 is 18.3 Å². The summed E-state index contributed by atoms with van der Waals surface area (Å²) in [7, 11) is -3.12. The normalized spacial score (nSPS) is 18.3. The number of rotatable bonds is 8. The van der Waals surface area contributed by atoms with Crippen molar-refractivity contribution in [1.82, 2.24) is 9.97 Å². The predicted octanol–water partition coefficient (Wildman–Crippen LogP) is 3.71. The van der Waals surface area contributed by atoms with Crippen molar-refractivity contribution in [3.8, 4) is 5.88 Å². The summed E-state index contributed by atoms with van der Waals surface area (Å²) in [5.41, 5.74) is 0.721. The number of pyridine rings is 2. The fourth-order valence-electron chi connectivity index (χ4n) is 3.24. The molecular formula is C19H25ClN2O4S. The summed E-state index contributed by atoms with van der Waals surface area (Å²) in [4.78, 5) is 8.50. The van der Waals surface area contributed by atoms with Gasteiger partial charge in [-0.1, -0.05) is 18.5 Å². The monoisotopic (exact) mass is 412 g/mol. The van der Waals surface area contributed by atoms with Gasteiger partial charge in [-0.05, 0) is 44.1 Å². The Hall–Kier alpha value is -1.44. The van der Waals surface area contributed by atoms with E-state index in [1.807, 2.05) is 6.92 Å². The highest BCUT2D eigenvalue weighted by molar-refractivity contribution is 7.91. The smallest absolute Gasteiger partial charge is 0.223 e. The lowest BCUT2D eigenvalue weighted by atomic mass is 10.0. The minimum absolute atomic E-state index is 0.109. The highest BCUT2D eigenvalue weighted by Crippen LogP contribution is 2.43. The fraction of sp³-hybridized carbons (Fsp3) is 0.579. The number of hydrogen-bond acceptors (Lipinski definition) is 6. The van der Waals surface area contributed by atoms with Crippen LogP contribution in [-0.2, 0) is 9.84 Å². The second-order valence-electron chi connectivity index (χ2n) is 7.28. The minimum Gasteiger partial charge on any atom is -0.474 e. The Morgan fingerprint density at radius 1 is 1.26 bits per heavy atom. The first kappa shape index (κ1) is 20.3. The first-order chi connectivity index (χ1) is 12.7. The van der Waals surface area contributed by atoms with Gasteiger partial charge in [-0.15, -0.1) is 0 Å². The summed E-state index contributed by atoms with van der Waals surface area (Å²) in [6.07, 6.45) is 4.65. The topological polar surface area (TPSA) is 89.4 Å². The van der Waals surface area contributed by atoms with Gasteiger partial charge in [-0.3, -0.25) is 0 Å². The number of halogens is 1. The van der Waals surface area contributed by atoms with Crippen LogP contribution in [0.15, 0.2) is 18.5 Å². The van der Waals surface area contributed by atoms with Gasteiger partial charge in [0.2, 0.25) is 5.88 Å². The maximum Gasteiger partial charge on any atom is 0.223 e. The van der Waals surface area contributed by atoms with Crippen molar-refractivity contribution in [3.05, 3.63) is 29.2 Å². The molecule has 148 valence electrons. The maximum absolute atomic E-state index is 12.0. The third-order valence-electron chi connectivity index (χ3n) is 5.11. The van der Waals surface area contributed by atoms with Crippen LogP contribution in [0.2, 0.25) is 5.15 Å². The van der Waals surface area contributed by atoms with E-state index in [0.29, 0.717) is 22.8 Å². The second-order valence-corrected chi connectivity index (χ2v) is 10.4. The first-order valence-electron chi connectivity index (χ1n) is 9.23. The molecule has 27 heavy (non-hydrogen) atoms. The van der Waals surface area contributed by atoms with Crippen LogP contribution in [0.1, 0.15) is 51.7 Å². The maximum atomic E-state index is 12.0. The van der Waals surface area contributed by atoms with Crippen molar-refractivity contribution >= 4 is 32.2 Å². The van der Waals surface area contributed by atoms with Gasteiger partial charge in [0.1, 0.15) is 5.15 Å². The van der Waals surface area contributed by atoms with Crippen LogP contribution in [0.25, 0.3) is 10.8 Å². The first-order valence-corrected chi connectivity index (χ1v) is 11.3. The zero-order chi connectivity index (χ0) is 19.8. The van der Waals surface area contributed by atoms with Crippen LogP contribution >= 0.6 is 11.6 Å². The van der Waals surface area contributed by atoms with Crippen LogP contribution in [0.4, 0.5) is 0 Å². The van der Waals surface area contributed by atoms with Crippen LogP contribution in [0, 0.1) is 5.92 Å². The Morgan fingerprint density at radius 2 is 1.96 bits per heavy atom. The predicted molar refractivity (Wildman–Crippen MR) is 106 cm³/mol. The number of fused-ring (bicyclic) bond motifs is 1. The van der Waals surface area contributed by atoms with Crippen LogP contribution < -0.4 is 4.74 Å². The zero-order valence-electron chi connectivity index (χ0n) is 15.7. The highest BCUT2D eigenvalue weighted by atomic mass is 35.5. The third-order valence-corrected chi connectivity index (χ3v) is 7.54. The molecule has 2 aromatic rings. The van der Waals surface area contributed by atoms with Crippen molar-refractivity contribution in [2.75, 3.05) is 5.75 Å². The van der Waals surface area contributed by atoms with Gasteiger partial charge >= 0.3 is 0 Å². The lowest BCUT2D eigenvalue weighted by molar-refractivity contribution is 0.154. The molecule has 0 bridgehead atoms. The largest absolute Gasteiger partial charge is 0.474 e. The number of nitrogens with zero attached hydrogens (tertiary/aromatic N) is 2. The number of aliphatic hydroxyl groups is 1. The molecule has 3 atom stereocenters. The van der Waals surface area contributed by atoms with Gasteiger partial charge in [0, 0.05) is 30.1 Å². The molecule has 0 radical (unpaired) electrons. The van der Waals surface area contributed by atoms with Crippen LogP contribution in [-0.4, -0.2) is 40.6 Å². The molecule has 2 heterocycles. The summed E-state index contributed by atoms with van der Waals surface area (Å²) < 4.78 is 30.0. The SMILES string of the molecule is CCS(=O)(=O)[C@H](C)C[C@@H](C)Oc1ncc(C(O)C2CC2)c2cc(Cl)ncc12. The minimum atomic E-state index is -3.12. The Labute approximate surface area is 164 Å². The molecule has 2 aromatic heterocycles. The van der Waals surface area contributed by atoms with Gasteiger partial charge in [0.15, 0.2) is 9.84 Å². The van der Waals surface area contributed by atoms with E-state index in [1.165, 1.54) is 0 Å². The molecule has 8 heteroatoms. The Balaban J connectivity index is 1.88. The molecule has 1 saturated carbocycles. The summed E-state index contributed by atoms with van der Waals surface area (Å²) in [5.74, 6) is 0.736. The molecule has 1 unspecified atom stereocenters. The molecule has 1 fully saturated rings. The Bertz CT molecular complexity index is 931. The van der Waals surface area contributed by atoms with Crippen molar-refractivity contribution in [3.63, 3.8) is 0 Å². The molecule has 0 amide bonds. The van der Waals surface area contributed by atoms with E-state index in [4.69, 9.17) is 16.3 Å². The average Bonchev–Trinajstić information content (AvgIpc) is 3.46. The van der Waals surface area contributed by atoms with E-state index in [0.717, 1.165) is 23.8 Å². The molecule has 1 aliphatic rings. The quantitative estimate of drug-likeness (QED) is 0.665. The lowest BCUT2D eigenvalue weighted by Gasteiger charge is -2.20.